The Balaban J connectivity index is 2.13. The van der Waals surface area contributed by atoms with Crippen molar-refractivity contribution in [2.24, 2.45) is 0 Å². The Bertz CT molecular complexity index is 884. The summed E-state index contributed by atoms with van der Waals surface area (Å²) in [6, 6.07) is 10.1. The fourth-order valence-corrected chi connectivity index (χ4v) is 3.65. The van der Waals surface area contributed by atoms with E-state index >= 15 is 0 Å². The van der Waals surface area contributed by atoms with Crippen molar-refractivity contribution in [1.82, 2.24) is 4.31 Å². The summed E-state index contributed by atoms with van der Waals surface area (Å²) in [6.07, 6.45) is 0. The molecule has 0 saturated heterocycles. The van der Waals surface area contributed by atoms with Gasteiger partial charge in [0.05, 0.1) is 23.4 Å². The highest BCUT2D eigenvalue weighted by atomic mass is 32.2. The maximum absolute atomic E-state index is 12.9. The molecular weight excluding hydrogens is 379 g/mol. The van der Waals surface area contributed by atoms with Gasteiger partial charge in [0.15, 0.2) is 0 Å². The minimum Gasteiger partial charge on any atom is -0.495 e. The van der Waals surface area contributed by atoms with Crippen molar-refractivity contribution in [3.05, 3.63) is 48.3 Å². The molecule has 6 nitrogen and oxygen atoms in total. The van der Waals surface area contributed by atoms with Crippen LogP contribution in [-0.4, -0.2) is 45.6 Å². The zero-order chi connectivity index (χ0) is 19.3. The van der Waals surface area contributed by atoms with Crippen LogP contribution in [0.4, 0.5) is 10.1 Å². The van der Waals surface area contributed by atoms with E-state index in [0.29, 0.717) is 5.75 Å². The number of amides is 1. The van der Waals surface area contributed by atoms with E-state index in [2.05, 4.69) is 5.32 Å². The number of carbonyl (C=O) groups excluding carboxylic acids is 1. The van der Waals surface area contributed by atoms with Gasteiger partial charge in [-0.25, -0.2) is 17.1 Å². The third kappa shape index (κ3) is 4.96. The second-order valence-corrected chi connectivity index (χ2v) is 8.64. The number of carbonyl (C=O) groups is 1. The van der Waals surface area contributed by atoms with Crippen molar-refractivity contribution in [3.8, 4) is 5.75 Å². The number of ether oxygens (including phenoxy) is 1. The lowest BCUT2D eigenvalue weighted by Crippen LogP contribution is -2.22. The van der Waals surface area contributed by atoms with E-state index in [1.807, 2.05) is 0 Å². The molecule has 0 fully saturated rings. The van der Waals surface area contributed by atoms with Gasteiger partial charge in [-0.1, -0.05) is 0 Å². The van der Waals surface area contributed by atoms with Crippen molar-refractivity contribution in [1.29, 1.82) is 0 Å². The van der Waals surface area contributed by atoms with E-state index < -0.39 is 10.0 Å². The Morgan fingerprint density at radius 2 is 1.85 bits per heavy atom. The molecule has 140 valence electrons. The van der Waals surface area contributed by atoms with E-state index in [0.717, 1.165) is 9.20 Å². The van der Waals surface area contributed by atoms with Crippen LogP contribution in [0.3, 0.4) is 0 Å². The van der Waals surface area contributed by atoms with Crippen LogP contribution in [0.5, 0.6) is 5.75 Å². The van der Waals surface area contributed by atoms with Crippen LogP contribution >= 0.6 is 11.8 Å². The molecule has 0 atom stereocenters. The molecule has 0 saturated carbocycles. The predicted octanol–water partition coefficient (Wildman–Crippen LogP) is 2.82. The SMILES string of the molecule is COc1ccc(S(=O)(=O)N(C)C)cc1NC(=O)CSc1ccc(F)cc1. The fourth-order valence-electron chi connectivity index (χ4n) is 2.02. The van der Waals surface area contributed by atoms with Gasteiger partial charge in [-0.2, -0.15) is 0 Å². The second kappa shape index (κ2) is 8.52. The Labute approximate surface area is 156 Å². The largest absolute Gasteiger partial charge is 0.495 e. The molecule has 0 heterocycles. The zero-order valence-electron chi connectivity index (χ0n) is 14.5. The maximum Gasteiger partial charge on any atom is 0.242 e. The molecule has 2 aromatic rings. The molecule has 0 radical (unpaired) electrons. The summed E-state index contributed by atoms with van der Waals surface area (Å²) >= 11 is 1.24. The molecule has 0 spiro atoms. The smallest absolute Gasteiger partial charge is 0.242 e. The third-order valence-electron chi connectivity index (χ3n) is 3.41. The van der Waals surface area contributed by atoms with E-state index in [-0.39, 0.29) is 28.1 Å². The number of methoxy groups -OCH3 is 1. The number of halogens is 1. The van der Waals surface area contributed by atoms with Crippen LogP contribution in [0.15, 0.2) is 52.3 Å². The molecule has 0 bridgehead atoms. The monoisotopic (exact) mass is 398 g/mol. The molecule has 0 aliphatic heterocycles. The standard InChI is InChI=1S/C17H19FN2O4S2/c1-20(2)26(22,23)14-8-9-16(24-3)15(10-14)19-17(21)11-25-13-6-4-12(18)5-7-13/h4-10H,11H2,1-3H3,(H,19,21). The molecule has 2 aromatic carbocycles. The van der Waals surface area contributed by atoms with Crippen molar-refractivity contribution in [3.63, 3.8) is 0 Å². The van der Waals surface area contributed by atoms with Crippen LogP contribution in [-0.2, 0) is 14.8 Å². The lowest BCUT2D eigenvalue weighted by molar-refractivity contribution is -0.113. The number of nitrogens with zero attached hydrogens (tertiary/aromatic N) is 1. The number of thioether (sulfide) groups is 1. The first-order chi connectivity index (χ1) is 12.2. The van der Waals surface area contributed by atoms with Crippen LogP contribution in [0.1, 0.15) is 0 Å². The Morgan fingerprint density at radius 1 is 1.19 bits per heavy atom. The molecule has 1 N–H and O–H groups in total. The molecule has 1 amide bonds. The topological polar surface area (TPSA) is 75.7 Å². The Hall–Kier alpha value is -2.10. The molecule has 0 aliphatic rings. The van der Waals surface area contributed by atoms with Crippen LogP contribution < -0.4 is 10.1 Å². The van der Waals surface area contributed by atoms with E-state index in [1.165, 1.54) is 63.3 Å². The van der Waals surface area contributed by atoms with Crippen molar-refractivity contribution < 1.29 is 22.3 Å². The first kappa shape index (κ1) is 20.2. The number of nitrogens with one attached hydrogen (secondary N) is 1. The molecule has 0 unspecified atom stereocenters. The van der Waals surface area contributed by atoms with E-state index in [1.54, 1.807) is 12.1 Å². The lowest BCUT2D eigenvalue weighted by atomic mass is 10.3. The van der Waals surface area contributed by atoms with Crippen LogP contribution in [0, 0.1) is 5.82 Å². The van der Waals surface area contributed by atoms with Gasteiger partial charge in [-0.3, -0.25) is 4.79 Å². The molecule has 0 aromatic heterocycles. The summed E-state index contributed by atoms with van der Waals surface area (Å²) in [6.45, 7) is 0. The zero-order valence-corrected chi connectivity index (χ0v) is 16.2. The molecule has 2 rings (SSSR count). The van der Waals surface area contributed by atoms with Crippen molar-refractivity contribution in [2.45, 2.75) is 9.79 Å². The average molecular weight is 398 g/mol. The molecule has 26 heavy (non-hydrogen) atoms. The highest BCUT2D eigenvalue weighted by Crippen LogP contribution is 2.29. The minimum absolute atomic E-state index is 0.0461. The number of hydrogen-bond donors (Lipinski definition) is 1. The predicted molar refractivity (Wildman–Crippen MR) is 99.6 cm³/mol. The van der Waals surface area contributed by atoms with Crippen LogP contribution in [0.2, 0.25) is 0 Å². The van der Waals surface area contributed by atoms with Gasteiger partial charge in [-0.05, 0) is 42.5 Å². The normalized spacial score (nSPS) is 11.4. The molecule has 9 heteroatoms. The van der Waals surface area contributed by atoms with Gasteiger partial charge in [0.25, 0.3) is 0 Å². The quantitative estimate of drug-likeness (QED) is 0.726. The van der Waals surface area contributed by atoms with E-state index in [4.69, 9.17) is 4.74 Å². The molecular formula is C17H19FN2O4S2. The lowest BCUT2D eigenvalue weighted by Gasteiger charge is -2.15. The highest BCUT2D eigenvalue weighted by molar-refractivity contribution is 8.00. The number of anilines is 1. The first-order valence-corrected chi connectivity index (χ1v) is 9.95. The summed E-state index contributed by atoms with van der Waals surface area (Å²) in [5, 5.41) is 2.65. The summed E-state index contributed by atoms with van der Waals surface area (Å²) in [4.78, 5) is 13.0. The van der Waals surface area contributed by atoms with Crippen LogP contribution in [0.25, 0.3) is 0 Å². The highest BCUT2D eigenvalue weighted by Gasteiger charge is 2.19. The van der Waals surface area contributed by atoms with Gasteiger partial charge in [0.1, 0.15) is 11.6 Å². The number of benzene rings is 2. The second-order valence-electron chi connectivity index (χ2n) is 5.44. The average Bonchev–Trinajstić information content (AvgIpc) is 2.61. The maximum atomic E-state index is 12.9. The van der Waals surface area contributed by atoms with Gasteiger partial charge in [0, 0.05) is 19.0 Å². The van der Waals surface area contributed by atoms with E-state index in [9.17, 15) is 17.6 Å². The van der Waals surface area contributed by atoms with Gasteiger partial charge in [0.2, 0.25) is 15.9 Å². The number of hydrogen-bond acceptors (Lipinski definition) is 5. The Morgan fingerprint density at radius 3 is 2.42 bits per heavy atom. The summed E-state index contributed by atoms with van der Waals surface area (Å²) in [7, 11) is 0.651. The Kier molecular flexibility index (Phi) is 6.63. The minimum atomic E-state index is -3.63. The van der Waals surface area contributed by atoms with Crippen molar-refractivity contribution in [2.75, 3.05) is 32.3 Å². The number of sulfonamides is 1. The summed E-state index contributed by atoms with van der Waals surface area (Å²) in [5.41, 5.74) is 0.264. The third-order valence-corrected chi connectivity index (χ3v) is 6.23. The van der Waals surface area contributed by atoms with Gasteiger partial charge >= 0.3 is 0 Å². The van der Waals surface area contributed by atoms with Gasteiger partial charge in [-0.15, -0.1) is 11.8 Å². The number of rotatable bonds is 7. The van der Waals surface area contributed by atoms with Gasteiger partial charge < -0.3 is 10.1 Å². The fraction of sp³-hybridized carbons (Fsp3) is 0.235. The van der Waals surface area contributed by atoms with Crippen molar-refractivity contribution >= 4 is 33.4 Å². The first-order valence-electron chi connectivity index (χ1n) is 7.53. The molecule has 0 aliphatic carbocycles. The summed E-state index contributed by atoms with van der Waals surface area (Å²) < 4.78 is 43.7. The summed E-state index contributed by atoms with van der Waals surface area (Å²) in [5.74, 6) is -0.248.